The van der Waals surface area contributed by atoms with Crippen LogP contribution in [0, 0.1) is 5.92 Å². The summed E-state index contributed by atoms with van der Waals surface area (Å²) in [7, 11) is 0. The van der Waals surface area contributed by atoms with Crippen LogP contribution in [-0.4, -0.2) is 70.7 Å². The third-order valence-corrected chi connectivity index (χ3v) is 7.87. The van der Waals surface area contributed by atoms with Crippen LogP contribution in [0.2, 0.25) is 0 Å². The Kier molecular flexibility index (Phi) is 7.92. The zero-order valence-electron chi connectivity index (χ0n) is 17.6. The molecule has 1 aliphatic heterocycles. The number of aliphatic imine (C=N–C) groups is 1. The second kappa shape index (κ2) is 10.2. The highest BCUT2D eigenvalue weighted by Crippen LogP contribution is 2.41. The van der Waals surface area contributed by atoms with Crippen molar-refractivity contribution in [1.29, 1.82) is 0 Å². The number of carbonyl (C=O) groups excluding carboxylic acids is 1. The van der Waals surface area contributed by atoms with Gasteiger partial charge in [0, 0.05) is 36.8 Å². The van der Waals surface area contributed by atoms with Gasteiger partial charge in [-0.15, -0.1) is 0 Å². The van der Waals surface area contributed by atoms with E-state index in [9.17, 15) is 9.90 Å². The van der Waals surface area contributed by atoms with Crippen molar-refractivity contribution in [2.75, 3.05) is 31.9 Å². The Balaban J connectivity index is 1.51. The molecular weight excluding hydrogens is 372 g/mol. The SMILES string of the molecule is CCNC(=NCC1(O)CCC1SCC)NC1CCN(C(=O)C2CCCCC2)C1. The molecule has 0 aromatic heterocycles. The van der Waals surface area contributed by atoms with Crippen molar-refractivity contribution in [1.82, 2.24) is 15.5 Å². The van der Waals surface area contributed by atoms with E-state index in [1.807, 2.05) is 16.7 Å². The van der Waals surface area contributed by atoms with Crippen LogP contribution in [0.15, 0.2) is 4.99 Å². The molecule has 6 nitrogen and oxygen atoms in total. The smallest absolute Gasteiger partial charge is 0.225 e. The molecule has 2 saturated carbocycles. The highest BCUT2D eigenvalue weighted by Gasteiger charge is 2.45. The minimum atomic E-state index is -0.665. The zero-order chi connectivity index (χ0) is 20.0. The summed E-state index contributed by atoms with van der Waals surface area (Å²) >= 11 is 1.84. The molecule has 3 fully saturated rings. The van der Waals surface area contributed by atoms with Gasteiger partial charge in [-0.25, -0.2) is 0 Å². The maximum Gasteiger partial charge on any atom is 0.225 e. The number of likely N-dealkylation sites (tertiary alicyclic amines) is 1. The van der Waals surface area contributed by atoms with E-state index in [-0.39, 0.29) is 12.0 Å². The first kappa shape index (κ1) is 21.8. The number of hydrogen-bond acceptors (Lipinski definition) is 4. The summed E-state index contributed by atoms with van der Waals surface area (Å²) in [6.45, 7) is 7.02. The Morgan fingerprint density at radius 1 is 1.21 bits per heavy atom. The molecule has 1 amide bonds. The number of hydrogen-bond donors (Lipinski definition) is 3. The van der Waals surface area contributed by atoms with Gasteiger partial charge in [0.2, 0.25) is 5.91 Å². The molecule has 1 saturated heterocycles. The summed E-state index contributed by atoms with van der Waals surface area (Å²) in [5, 5.41) is 17.9. The molecule has 160 valence electrons. The molecule has 3 atom stereocenters. The van der Waals surface area contributed by atoms with Crippen LogP contribution in [0.4, 0.5) is 0 Å². The number of carbonyl (C=O) groups is 1. The zero-order valence-corrected chi connectivity index (χ0v) is 18.4. The molecule has 0 spiro atoms. The van der Waals surface area contributed by atoms with Crippen LogP contribution in [0.5, 0.6) is 0 Å². The van der Waals surface area contributed by atoms with Crippen LogP contribution in [0.25, 0.3) is 0 Å². The van der Waals surface area contributed by atoms with E-state index in [1.165, 1.54) is 19.3 Å². The van der Waals surface area contributed by atoms with Gasteiger partial charge in [0.25, 0.3) is 0 Å². The van der Waals surface area contributed by atoms with Gasteiger partial charge in [0.15, 0.2) is 5.96 Å². The molecule has 3 rings (SSSR count). The van der Waals surface area contributed by atoms with Crippen molar-refractivity contribution < 1.29 is 9.90 Å². The monoisotopic (exact) mass is 410 g/mol. The van der Waals surface area contributed by atoms with Crippen molar-refractivity contribution in [3.05, 3.63) is 0 Å². The predicted molar refractivity (Wildman–Crippen MR) is 117 cm³/mol. The Labute approximate surface area is 174 Å². The van der Waals surface area contributed by atoms with Gasteiger partial charge in [0.05, 0.1) is 12.1 Å². The first-order chi connectivity index (χ1) is 13.6. The lowest BCUT2D eigenvalue weighted by Gasteiger charge is -2.44. The average molecular weight is 411 g/mol. The van der Waals surface area contributed by atoms with Crippen LogP contribution >= 0.6 is 11.8 Å². The third-order valence-electron chi connectivity index (χ3n) is 6.46. The number of nitrogens with one attached hydrogen (secondary N) is 2. The van der Waals surface area contributed by atoms with Gasteiger partial charge in [-0.05, 0) is 44.8 Å². The lowest BCUT2D eigenvalue weighted by Crippen LogP contribution is -2.53. The number of thioether (sulfide) groups is 1. The van der Waals surface area contributed by atoms with Crippen molar-refractivity contribution in [2.45, 2.75) is 82.1 Å². The van der Waals surface area contributed by atoms with Gasteiger partial charge in [-0.1, -0.05) is 26.2 Å². The topological polar surface area (TPSA) is 77.0 Å². The normalized spacial score (nSPS) is 31.5. The van der Waals surface area contributed by atoms with E-state index in [1.54, 1.807) is 0 Å². The van der Waals surface area contributed by atoms with Crippen LogP contribution in [0.1, 0.15) is 65.2 Å². The number of nitrogens with zero attached hydrogens (tertiary/aromatic N) is 2. The predicted octanol–water partition coefficient (Wildman–Crippen LogP) is 2.37. The average Bonchev–Trinajstić information content (AvgIpc) is 3.18. The standard InChI is InChI=1S/C21H38N4O2S/c1-3-22-20(23-15-21(27)12-10-18(21)28-4-2)24-17-11-13-25(14-17)19(26)16-8-6-5-7-9-16/h16-18,27H,3-15H2,1-2H3,(H2,22,23,24). The minimum absolute atomic E-state index is 0.238. The van der Waals surface area contributed by atoms with E-state index >= 15 is 0 Å². The quantitative estimate of drug-likeness (QED) is 0.444. The van der Waals surface area contributed by atoms with Gasteiger partial charge in [-0.3, -0.25) is 9.79 Å². The number of rotatable bonds is 7. The maximum atomic E-state index is 12.8. The molecule has 0 radical (unpaired) electrons. The summed E-state index contributed by atoms with van der Waals surface area (Å²) in [6.07, 6.45) is 8.67. The molecule has 0 aromatic carbocycles. The van der Waals surface area contributed by atoms with Crippen molar-refractivity contribution in [3.8, 4) is 0 Å². The van der Waals surface area contributed by atoms with Gasteiger partial charge in [-0.2, -0.15) is 11.8 Å². The summed E-state index contributed by atoms with van der Waals surface area (Å²) in [6, 6.07) is 0.238. The molecule has 1 heterocycles. The molecule has 0 bridgehead atoms. The number of amides is 1. The Bertz CT molecular complexity index is 553. The third kappa shape index (κ3) is 5.35. The van der Waals surface area contributed by atoms with E-state index in [4.69, 9.17) is 4.99 Å². The first-order valence-electron chi connectivity index (χ1n) is 11.2. The van der Waals surface area contributed by atoms with Crippen molar-refractivity contribution in [2.24, 2.45) is 10.9 Å². The highest BCUT2D eigenvalue weighted by molar-refractivity contribution is 8.00. The van der Waals surface area contributed by atoms with Gasteiger partial charge >= 0.3 is 0 Å². The van der Waals surface area contributed by atoms with Gasteiger partial charge in [0.1, 0.15) is 0 Å². The Hall–Kier alpha value is -0.950. The Morgan fingerprint density at radius 2 is 2.00 bits per heavy atom. The molecule has 3 aliphatic rings. The largest absolute Gasteiger partial charge is 0.387 e. The lowest BCUT2D eigenvalue weighted by molar-refractivity contribution is -0.135. The van der Waals surface area contributed by atoms with Crippen LogP contribution in [-0.2, 0) is 4.79 Å². The number of guanidine groups is 1. The second-order valence-corrected chi connectivity index (χ2v) is 10.0. The molecule has 3 N–H and O–H groups in total. The van der Waals surface area contributed by atoms with Crippen LogP contribution < -0.4 is 10.6 Å². The second-order valence-electron chi connectivity index (χ2n) is 8.53. The molecule has 7 heteroatoms. The van der Waals surface area contributed by atoms with Crippen molar-refractivity contribution in [3.63, 3.8) is 0 Å². The fraction of sp³-hybridized carbons (Fsp3) is 0.905. The lowest BCUT2D eigenvalue weighted by atomic mass is 9.79. The fourth-order valence-electron chi connectivity index (χ4n) is 4.63. The highest BCUT2D eigenvalue weighted by atomic mass is 32.2. The van der Waals surface area contributed by atoms with Crippen molar-refractivity contribution >= 4 is 23.6 Å². The summed E-state index contributed by atoms with van der Waals surface area (Å²) in [4.78, 5) is 19.5. The maximum absolute atomic E-state index is 12.8. The first-order valence-corrected chi connectivity index (χ1v) is 12.3. The van der Waals surface area contributed by atoms with E-state index in [2.05, 4.69) is 24.5 Å². The molecular formula is C21H38N4O2S. The van der Waals surface area contributed by atoms with E-state index in [0.717, 1.165) is 63.5 Å². The molecule has 0 aromatic rings. The summed E-state index contributed by atoms with van der Waals surface area (Å²) in [5.74, 6) is 2.39. The Morgan fingerprint density at radius 3 is 2.64 bits per heavy atom. The minimum Gasteiger partial charge on any atom is -0.387 e. The molecule has 2 aliphatic carbocycles. The van der Waals surface area contributed by atoms with E-state index in [0.29, 0.717) is 17.7 Å². The summed E-state index contributed by atoms with van der Waals surface area (Å²) < 4.78 is 0. The van der Waals surface area contributed by atoms with Crippen LogP contribution in [0.3, 0.4) is 0 Å². The van der Waals surface area contributed by atoms with E-state index < -0.39 is 5.60 Å². The number of aliphatic hydroxyl groups is 1. The molecule has 3 unspecified atom stereocenters. The summed E-state index contributed by atoms with van der Waals surface area (Å²) in [5.41, 5.74) is -0.665. The molecule has 28 heavy (non-hydrogen) atoms. The van der Waals surface area contributed by atoms with Gasteiger partial charge < -0.3 is 20.6 Å². The fourth-order valence-corrected chi connectivity index (χ4v) is 5.82.